The summed E-state index contributed by atoms with van der Waals surface area (Å²) in [4.78, 5) is 28.4. The first-order chi connectivity index (χ1) is 14.0. The Morgan fingerprint density at radius 1 is 1.10 bits per heavy atom. The molecule has 2 amide bonds. The zero-order valence-electron chi connectivity index (χ0n) is 16.7. The van der Waals surface area contributed by atoms with Crippen LogP contribution >= 0.6 is 0 Å². The first-order valence-electron chi connectivity index (χ1n) is 9.61. The summed E-state index contributed by atoms with van der Waals surface area (Å²) in [5, 5.41) is 2.80. The van der Waals surface area contributed by atoms with Gasteiger partial charge in [-0.1, -0.05) is 18.2 Å². The van der Waals surface area contributed by atoms with Crippen LogP contribution in [0.3, 0.4) is 0 Å². The van der Waals surface area contributed by atoms with Crippen molar-refractivity contribution in [3.63, 3.8) is 0 Å². The van der Waals surface area contributed by atoms with Crippen molar-refractivity contribution in [2.75, 3.05) is 32.6 Å². The fraction of sp³-hybridized carbons (Fsp3) is 0.364. The second-order valence-electron chi connectivity index (χ2n) is 7.29. The maximum absolute atomic E-state index is 14.0. The van der Waals surface area contributed by atoms with Crippen molar-refractivity contribution in [1.82, 2.24) is 9.80 Å². The number of amides is 2. The normalized spacial score (nSPS) is 13.2. The minimum Gasteiger partial charge on any atom is -0.497 e. The van der Waals surface area contributed by atoms with Crippen LogP contribution in [0.4, 0.5) is 10.1 Å². The maximum Gasteiger partial charge on any atom is 0.238 e. The molecular weight excluding hydrogens is 373 g/mol. The first-order valence-corrected chi connectivity index (χ1v) is 9.61. The molecule has 1 aliphatic rings. The number of ether oxygens (including phenoxy) is 1. The van der Waals surface area contributed by atoms with Gasteiger partial charge >= 0.3 is 0 Å². The number of carbonyl (C=O) groups excluding carboxylic acids is 2. The van der Waals surface area contributed by atoms with Crippen molar-refractivity contribution in [1.29, 1.82) is 0 Å². The van der Waals surface area contributed by atoms with Crippen LogP contribution in [0.2, 0.25) is 0 Å². The van der Waals surface area contributed by atoms with Crippen molar-refractivity contribution >= 4 is 17.5 Å². The molecule has 3 rings (SSSR count). The predicted molar refractivity (Wildman–Crippen MR) is 109 cm³/mol. The molecule has 1 saturated carbocycles. The average Bonchev–Trinajstić information content (AvgIpc) is 3.52. The quantitative estimate of drug-likeness (QED) is 0.704. The fourth-order valence-electron chi connectivity index (χ4n) is 3.11. The van der Waals surface area contributed by atoms with E-state index in [-0.39, 0.29) is 43.3 Å². The standard InChI is InChI=1S/C22H26FN3O3/c1-25(14-21(27)24-17-7-11-19(29-2)12-8-17)15-22(28)26(18-9-10-18)13-16-5-3-4-6-20(16)23/h3-8,11-12,18H,9-10,13-15H2,1-2H3,(H,24,27). The molecule has 2 aromatic carbocycles. The topological polar surface area (TPSA) is 61.9 Å². The van der Waals surface area contributed by atoms with Gasteiger partial charge in [0.05, 0.1) is 20.2 Å². The molecule has 1 N–H and O–H groups in total. The van der Waals surface area contributed by atoms with E-state index in [2.05, 4.69) is 5.32 Å². The molecule has 1 fully saturated rings. The third-order valence-corrected chi connectivity index (χ3v) is 4.80. The Morgan fingerprint density at radius 3 is 2.41 bits per heavy atom. The van der Waals surface area contributed by atoms with Crippen LogP contribution in [0.25, 0.3) is 0 Å². The van der Waals surface area contributed by atoms with Crippen LogP contribution in [-0.4, -0.2) is 54.9 Å². The molecule has 0 aliphatic heterocycles. The minimum atomic E-state index is -0.307. The van der Waals surface area contributed by atoms with E-state index in [4.69, 9.17) is 4.74 Å². The molecular formula is C22H26FN3O3. The third-order valence-electron chi connectivity index (χ3n) is 4.80. The van der Waals surface area contributed by atoms with Gasteiger partial charge in [-0.3, -0.25) is 14.5 Å². The van der Waals surface area contributed by atoms with Gasteiger partial charge in [-0.25, -0.2) is 4.39 Å². The fourth-order valence-corrected chi connectivity index (χ4v) is 3.11. The molecule has 0 unspecified atom stereocenters. The van der Waals surface area contributed by atoms with Crippen LogP contribution in [-0.2, 0) is 16.1 Å². The van der Waals surface area contributed by atoms with E-state index in [1.54, 1.807) is 66.4 Å². The van der Waals surface area contributed by atoms with Crippen LogP contribution in [0.5, 0.6) is 5.75 Å². The molecule has 154 valence electrons. The van der Waals surface area contributed by atoms with Gasteiger partial charge in [0, 0.05) is 23.8 Å². The van der Waals surface area contributed by atoms with Crippen molar-refractivity contribution in [2.24, 2.45) is 0 Å². The molecule has 0 spiro atoms. The van der Waals surface area contributed by atoms with E-state index in [0.29, 0.717) is 17.0 Å². The molecule has 7 heteroatoms. The second kappa shape index (κ2) is 9.52. The Kier molecular flexibility index (Phi) is 6.82. The molecule has 29 heavy (non-hydrogen) atoms. The molecule has 0 atom stereocenters. The van der Waals surface area contributed by atoms with Gasteiger partial charge in [-0.15, -0.1) is 0 Å². The van der Waals surface area contributed by atoms with Gasteiger partial charge in [-0.2, -0.15) is 0 Å². The number of nitrogens with zero attached hydrogens (tertiary/aromatic N) is 2. The Labute approximate surface area is 170 Å². The number of methoxy groups -OCH3 is 1. The number of halogens is 1. The largest absolute Gasteiger partial charge is 0.497 e. The number of rotatable bonds is 9. The Balaban J connectivity index is 1.52. The van der Waals surface area contributed by atoms with E-state index in [1.807, 2.05) is 0 Å². The monoisotopic (exact) mass is 399 g/mol. The molecule has 2 aromatic rings. The summed E-state index contributed by atoms with van der Waals surface area (Å²) in [5.41, 5.74) is 1.17. The highest BCUT2D eigenvalue weighted by Crippen LogP contribution is 2.29. The SMILES string of the molecule is COc1ccc(NC(=O)CN(C)CC(=O)N(Cc2ccccc2F)C2CC2)cc1. The van der Waals surface area contributed by atoms with Gasteiger partial charge in [0.2, 0.25) is 11.8 Å². The molecule has 0 bridgehead atoms. The van der Waals surface area contributed by atoms with Crippen molar-refractivity contribution < 1.29 is 18.7 Å². The van der Waals surface area contributed by atoms with Gasteiger partial charge in [0.15, 0.2) is 0 Å². The lowest BCUT2D eigenvalue weighted by molar-refractivity contribution is -0.133. The number of anilines is 1. The zero-order chi connectivity index (χ0) is 20.8. The summed E-state index contributed by atoms with van der Waals surface area (Å²) < 4.78 is 19.1. The van der Waals surface area contributed by atoms with E-state index >= 15 is 0 Å². The lowest BCUT2D eigenvalue weighted by Crippen LogP contribution is -2.42. The number of carbonyl (C=O) groups is 2. The average molecular weight is 399 g/mol. The molecule has 0 radical (unpaired) electrons. The van der Waals surface area contributed by atoms with E-state index in [0.717, 1.165) is 12.8 Å². The molecule has 0 heterocycles. The van der Waals surface area contributed by atoms with Gasteiger partial charge in [0.1, 0.15) is 11.6 Å². The molecule has 6 nitrogen and oxygen atoms in total. The summed E-state index contributed by atoms with van der Waals surface area (Å²) in [6.45, 7) is 0.430. The highest BCUT2D eigenvalue weighted by molar-refractivity contribution is 5.92. The number of likely N-dealkylation sites (N-methyl/N-ethyl adjacent to an activating group) is 1. The van der Waals surface area contributed by atoms with Crippen LogP contribution in [0, 0.1) is 5.82 Å². The molecule has 1 aliphatic carbocycles. The zero-order valence-corrected chi connectivity index (χ0v) is 16.7. The van der Waals surface area contributed by atoms with Gasteiger partial charge in [0.25, 0.3) is 0 Å². The van der Waals surface area contributed by atoms with E-state index in [9.17, 15) is 14.0 Å². The molecule has 0 saturated heterocycles. The minimum absolute atomic E-state index is 0.0793. The predicted octanol–water partition coefficient (Wildman–Crippen LogP) is 2.90. The smallest absolute Gasteiger partial charge is 0.238 e. The van der Waals surface area contributed by atoms with Crippen LogP contribution in [0.1, 0.15) is 18.4 Å². The third kappa shape index (κ3) is 6.02. The highest BCUT2D eigenvalue weighted by atomic mass is 19.1. The van der Waals surface area contributed by atoms with Crippen LogP contribution < -0.4 is 10.1 Å². The number of nitrogens with one attached hydrogen (secondary N) is 1. The Hall–Kier alpha value is -2.93. The van der Waals surface area contributed by atoms with Crippen molar-refractivity contribution in [3.8, 4) is 5.75 Å². The van der Waals surface area contributed by atoms with Gasteiger partial charge < -0.3 is 15.0 Å². The number of hydrogen-bond donors (Lipinski definition) is 1. The van der Waals surface area contributed by atoms with Crippen molar-refractivity contribution in [3.05, 3.63) is 59.9 Å². The lowest BCUT2D eigenvalue weighted by Gasteiger charge is -2.25. The molecule has 0 aromatic heterocycles. The Morgan fingerprint density at radius 2 is 1.79 bits per heavy atom. The van der Waals surface area contributed by atoms with Crippen molar-refractivity contribution in [2.45, 2.75) is 25.4 Å². The van der Waals surface area contributed by atoms with E-state index in [1.165, 1.54) is 6.07 Å². The summed E-state index contributed by atoms with van der Waals surface area (Å²) >= 11 is 0. The Bertz CT molecular complexity index is 853. The van der Waals surface area contributed by atoms with Gasteiger partial charge in [-0.05, 0) is 50.2 Å². The van der Waals surface area contributed by atoms with Crippen LogP contribution in [0.15, 0.2) is 48.5 Å². The summed E-state index contributed by atoms with van der Waals surface area (Å²) in [6, 6.07) is 13.7. The summed E-state index contributed by atoms with van der Waals surface area (Å²) in [5.74, 6) is 0.0898. The summed E-state index contributed by atoms with van der Waals surface area (Å²) in [7, 11) is 3.30. The second-order valence-corrected chi connectivity index (χ2v) is 7.29. The highest BCUT2D eigenvalue weighted by Gasteiger charge is 2.33. The maximum atomic E-state index is 14.0. The number of benzene rings is 2. The first kappa shape index (κ1) is 20.8. The number of hydrogen-bond acceptors (Lipinski definition) is 4. The van der Waals surface area contributed by atoms with E-state index < -0.39 is 0 Å². The summed E-state index contributed by atoms with van der Waals surface area (Å²) in [6.07, 6.45) is 1.86. The lowest BCUT2D eigenvalue weighted by atomic mass is 10.2.